The lowest BCUT2D eigenvalue weighted by molar-refractivity contribution is -0.118. The second-order valence-corrected chi connectivity index (χ2v) is 2.21. The van der Waals surface area contributed by atoms with Crippen molar-refractivity contribution in [2.24, 2.45) is 16.6 Å². The number of nitrogens with one attached hydrogen (secondary N) is 2. The molecule has 0 aromatic carbocycles. The van der Waals surface area contributed by atoms with Crippen molar-refractivity contribution in [3.8, 4) is 0 Å². The molecule has 0 saturated heterocycles. The Hall–Kier alpha value is -1.30. The van der Waals surface area contributed by atoms with Gasteiger partial charge in [-0.25, -0.2) is 5.84 Å². The normalized spacial score (nSPS) is 11.0. The summed E-state index contributed by atoms with van der Waals surface area (Å²) in [4.78, 5) is 14.1. The van der Waals surface area contributed by atoms with Gasteiger partial charge in [-0.15, -0.1) is 0 Å². The van der Waals surface area contributed by atoms with Crippen LogP contribution in [0.5, 0.6) is 0 Å². The molecule has 0 aliphatic heterocycles. The summed E-state index contributed by atoms with van der Waals surface area (Å²) in [6, 6.07) is 0. The van der Waals surface area contributed by atoms with Crippen LogP contribution in [0.1, 0.15) is 12.8 Å². The molecule has 0 atom stereocenters. The molecule has 1 amide bonds. The van der Waals surface area contributed by atoms with E-state index in [1.54, 1.807) is 7.05 Å². The fourth-order valence-corrected chi connectivity index (χ4v) is 0.664. The molecule has 70 valence electrons. The first kappa shape index (κ1) is 10.7. The lowest BCUT2D eigenvalue weighted by atomic mass is 10.3. The highest BCUT2D eigenvalue weighted by atomic mass is 16.1. The van der Waals surface area contributed by atoms with Crippen LogP contribution < -0.4 is 22.3 Å². The minimum Gasteiger partial charge on any atom is -0.370 e. The minimum absolute atomic E-state index is 0.299. The maximum atomic E-state index is 10.3. The first-order valence-electron chi connectivity index (χ1n) is 3.66. The van der Waals surface area contributed by atoms with E-state index < -0.39 is 0 Å². The van der Waals surface area contributed by atoms with E-state index in [0.29, 0.717) is 25.3 Å². The molecule has 12 heavy (non-hydrogen) atoms. The summed E-state index contributed by atoms with van der Waals surface area (Å²) >= 11 is 0. The van der Waals surface area contributed by atoms with E-state index in [1.165, 1.54) is 0 Å². The molecule has 0 radical (unpaired) electrons. The Morgan fingerprint density at radius 1 is 1.58 bits per heavy atom. The number of rotatable bonds is 4. The second kappa shape index (κ2) is 6.41. The number of aliphatic imine (C=N–C) groups is 1. The average molecular weight is 173 g/mol. The molecular formula is C6H15N5O. The van der Waals surface area contributed by atoms with Crippen molar-refractivity contribution in [2.75, 3.05) is 13.6 Å². The summed E-state index contributed by atoms with van der Waals surface area (Å²) in [5.74, 6) is 5.29. The molecule has 0 bridgehead atoms. The third-order valence-corrected chi connectivity index (χ3v) is 1.25. The molecule has 6 N–H and O–H groups in total. The number of nitrogens with zero attached hydrogens (tertiary/aromatic N) is 1. The van der Waals surface area contributed by atoms with Crippen molar-refractivity contribution in [1.82, 2.24) is 10.7 Å². The Morgan fingerprint density at radius 2 is 2.25 bits per heavy atom. The number of hydrogen-bond acceptors (Lipinski definition) is 3. The van der Waals surface area contributed by atoms with E-state index in [4.69, 9.17) is 11.6 Å². The number of amides is 1. The van der Waals surface area contributed by atoms with Crippen LogP contribution in [0.15, 0.2) is 4.99 Å². The minimum atomic E-state index is -0.299. The molecule has 0 heterocycles. The number of nitrogens with two attached hydrogens (primary N) is 2. The van der Waals surface area contributed by atoms with Crippen molar-refractivity contribution in [3.05, 3.63) is 0 Å². The van der Waals surface area contributed by atoms with Crippen LogP contribution in [-0.2, 0) is 4.79 Å². The Balaban J connectivity index is 3.36. The Kier molecular flexibility index (Phi) is 5.72. The van der Waals surface area contributed by atoms with Crippen LogP contribution in [0, 0.1) is 0 Å². The maximum Gasteiger partial charge on any atom is 0.217 e. The molecule has 0 rings (SSSR count). The molecule has 0 aromatic rings. The van der Waals surface area contributed by atoms with Gasteiger partial charge in [-0.2, -0.15) is 0 Å². The largest absolute Gasteiger partial charge is 0.370 e. The van der Waals surface area contributed by atoms with E-state index >= 15 is 0 Å². The number of guanidine groups is 1. The van der Waals surface area contributed by atoms with Crippen LogP contribution in [0.25, 0.3) is 0 Å². The fourth-order valence-electron chi connectivity index (χ4n) is 0.664. The van der Waals surface area contributed by atoms with Gasteiger partial charge in [0, 0.05) is 20.0 Å². The van der Waals surface area contributed by atoms with Crippen LogP contribution >= 0.6 is 0 Å². The molecule has 0 spiro atoms. The van der Waals surface area contributed by atoms with Crippen molar-refractivity contribution < 1.29 is 4.79 Å². The molecule has 0 aliphatic rings. The van der Waals surface area contributed by atoms with E-state index in [2.05, 4.69) is 15.7 Å². The van der Waals surface area contributed by atoms with Gasteiger partial charge in [0.25, 0.3) is 0 Å². The van der Waals surface area contributed by atoms with Crippen LogP contribution in [0.3, 0.4) is 0 Å². The summed E-state index contributed by atoms with van der Waals surface area (Å²) in [7, 11) is 1.61. The first-order valence-corrected chi connectivity index (χ1v) is 3.66. The first-order chi connectivity index (χ1) is 5.70. The van der Waals surface area contributed by atoms with Crippen LogP contribution in [-0.4, -0.2) is 25.5 Å². The predicted octanol–water partition coefficient (Wildman–Crippen LogP) is -1.71. The third-order valence-electron chi connectivity index (χ3n) is 1.25. The highest BCUT2D eigenvalue weighted by Gasteiger charge is 1.95. The fraction of sp³-hybridized carbons (Fsp3) is 0.667. The average Bonchev–Trinajstić information content (AvgIpc) is 2.04. The number of carbonyl (C=O) groups excluding carboxylic acids is 1. The maximum absolute atomic E-state index is 10.3. The van der Waals surface area contributed by atoms with Crippen molar-refractivity contribution in [3.63, 3.8) is 0 Å². The summed E-state index contributed by atoms with van der Waals surface area (Å²) in [6.07, 6.45) is 1.05. The molecule has 0 fully saturated rings. The van der Waals surface area contributed by atoms with Crippen molar-refractivity contribution >= 4 is 11.9 Å². The molecule has 0 aliphatic carbocycles. The molecule has 6 heteroatoms. The molecule has 0 aromatic heterocycles. The smallest absolute Gasteiger partial charge is 0.217 e. The zero-order valence-corrected chi connectivity index (χ0v) is 7.13. The van der Waals surface area contributed by atoms with Crippen molar-refractivity contribution in [1.29, 1.82) is 0 Å². The zero-order valence-electron chi connectivity index (χ0n) is 7.13. The van der Waals surface area contributed by atoms with Gasteiger partial charge in [0.2, 0.25) is 11.9 Å². The Labute approximate surface area is 71.4 Å². The topological polar surface area (TPSA) is 106 Å². The van der Waals surface area contributed by atoms with Gasteiger partial charge in [0.05, 0.1) is 0 Å². The molecule has 0 saturated carbocycles. The summed E-state index contributed by atoms with van der Waals surface area (Å²) < 4.78 is 0. The highest BCUT2D eigenvalue weighted by Crippen LogP contribution is 1.83. The second-order valence-electron chi connectivity index (χ2n) is 2.21. The standard InChI is InChI=1S/C6H15N5O/c1-9-6(11-8)10-4-2-3-5(7)12/h2-4,8H2,1H3,(H2,7,12)(H2,9,10,11). The quantitative estimate of drug-likeness (QED) is 0.133. The van der Waals surface area contributed by atoms with Gasteiger partial charge in [0.15, 0.2) is 0 Å². The van der Waals surface area contributed by atoms with Gasteiger partial charge < -0.3 is 11.1 Å². The van der Waals surface area contributed by atoms with E-state index in [9.17, 15) is 4.79 Å². The van der Waals surface area contributed by atoms with Gasteiger partial charge in [-0.1, -0.05) is 0 Å². The summed E-state index contributed by atoms with van der Waals surface area (Å²) in [5, 5.41) is 2.88. The number of primary amides is 1. The Morgan fingerprint density at radius 3 is 2.67 bits per heavy atom. The van der Waals surface area contributed by atoms with Crippen LogP contribution in [0.4, 0.5) is 0 Å². The lowest BCUT2D eigenvalue weighted by Gasteiger charge is -2.06. The van der Waals surface area contributed by atoms with Gasteiger partial charge in [-0.3, -0.25) is 15.2 Å². The summed E-state index contributed by atoms with van der Waals surface area (Å²) in [5.41, 5.74) is 7.30. The van der Waals surface area contributed by atoms with E-state index in [1.807, 2.05) is 0 Å². The monoisotopic (exact) mass is 173 g/mol. The van der Waals surface area contributed by atoms with Gasteiger partial charge in [-0.05, 0) is 6.42 Å². The molecule has 0 unspecified atom stereocenters. The van der Waals surface area contributed by atoms with Crippen LogP contribution in [0.2, 0.25) is 0 Å². The SMILES string of the molecule is CN=C(NN)NCCCC(N)=O. The molecule has 6 nitrogen and oxygen atoms in total. The summed E-state index contributed by atoms with van der Waals surface area (Å²) in [6.45, 7) is 0.625. The van der Waals surface area contributed by atoms with Crippen molar-refractivity contribution in [2.45, 2.75) is 12.8 Å². The molecular weight excluding hydrogens is 158 g/mol. The van der Waals surface area contributed by atoms with Gasteiger partial charge >= 0.3 is 0 Å². The van der Waals surface area contributed by atoms with E-state index in [0.717, 1.165) is 0 Å². The van der Waals surface area contributed by atoms with Gasteiger partial charge in [0.1, 0.15) is 0 Å². The third kappa shape index (κ3) is 5.48. The number of hydrazine groups is 1. The predicted molar refractivity (Wildman–Crippen MR) is 47.1 cm³/mol. The van der Waals surface area contributed by atoms with E-state index in [-0.39, 0.29) is 5.91 Å². The highest BCUT2D eigenvalue weighted by molar-refractivity contribution is 5.79. The number of carbonyl (C=O) groups is 1. The Bertz CT molecular complexity index is 167. The zero-order chi connectivity index (χ0) is 9.40. The number of hydrogen-bond donors (Lipinski definition) is 4. The lowest BCUT2D eigenvalue weighted by Crippen LogP contribution is -2.41.